The molecule has 1 unspecified atom stereocenters. The molecule has 1 N–H and O–H groups in total. The van der Waals surface area contributed by atoms with Gasteiger partial charge in [-0.3, -0.25) is 9.59 Å². The third kappa shape index (κ3) is 3.47. The fourth-order valence-corrected chi connectivity index (χ4v) is 3.32. The zero-order valence-corrected chi connectivity index (χ0v) is 14.0. The van der Waals surface area contributed by atoms with Gasteiger partial charge in [-0.05, 0) is 23.6 Å². The van der Waals surface area contributed by atoms with Gasteiger partial charge in [-0.15, -0.1) is 0 Å². The summed E-state index contributed by atoms with van der Waals surface area (Å²) in [5.41, 5.74) is 2.16. The summed E-state index contributed by atoms with van der Waals surface area (Å²) in [5, 5.41) is 9.14. The van der Waals surface area contributed by atoms with Gasteiger partial charge < -0.3 is 14.9 Å². The molecule has 6 nitrogen and oxygen atoms in total. The van der Waals surface area contributed by atoms with Crippen molar-refractivity contribution in [2.45, 2.75) is 25.8 Å². The molecule has 0 spiro atoms. The second-order valence-corrected chi connectivity index (χ2v) is 6.23. The summed E-state index contributed by atoms with van der Waals surface area (Å²) >= 11 is 0. The average molecular weight is 340 g/mol. The molecule has 1 aromatic rings. The van der Waals surface area contributed by atoms with E-state index in [1.807, 2.05) is 30.3 Å². The summed E-state index contributed by atoms with van der Waals surface area (Å²) in [7, 11) is 0. The number of rotatable bonds is 3. The van der Waals surface area contributed by atoms with Crippen molar-refractivity contribution < 1.29 is 19.5 Å². The van der Waals surface area contributed by atoms with Crippen molar-refractivity contribution in [3.05, 3.63) is 53.2 Å². The summed E-state index contributed by atoms with van der Waals surface area (Å²) in [4.78, 5) is 39.0. The van der Waals surface area contributed by atoms with Crippen molar-refractivity contribution in [1.29, 1.82) is 0 Å². The highest BCUT2D eigenvalue weighted by Crippen LogP contribution is 2.33. The molecule has 0 aliphatic carbocycles. The monoisotopic (exact) mass is 340 g/mol. The lowest BCUT2D eigenvalue weighted by Gasteiger charge is -2.34. The number of nitrogens with zero attached hydrogens (tertiary/aromatic N) is 2. The molecule has 0 bridgehead atoms. The van der Waals surface area contributed by atoms with Crippen LogP contribution in [0.4, 0.5) is 0 Å². The van der Waals surface area contributed by atoms with Crippen LogP contribution in [0.25, 0.3) is 6.08 Å². The first kappa shape index (κ1) is 17.0. The fraction of sp³-hybridized carbons (Fsp3) is 0.316. The van der Waals surface area contributed by atoms with Crippen LogP contribution in [0, 0.1) is 0 Å². The number of carboxylic acids is 1. The average Bonchev–Trinajstić information content (AvgIpc) is 2.61. The van der Waals surface area contributed by atoms with Gasteiger partial charge in [0.1, 0.15) is 0 Å². The van der Waals surface area contributed by atoms with E-state index in [1.165, 1.54) is 6.92 Å². The van der Waals surface area contributed by atoms with Gasteiger partial charge in [0.15, 0.2) is 0 Å². The van der Waals surface area contributed by atoms with Gasteiger partial charge in [-0.1, -0.05) is 30.3 Å². The number of carbonyl (C=O) groups excluding carboxylic acids is 2. The summed E-state index contributed by atoms with van der Waals surface area (Å²) in [5.74, 6) is -1.27. The highest BCUT2D eigenvalue weighted by molar-refractivity contribution is 5.89. The Kier molecular flexibility index (Phi) is 4.70. The van der Waals surface area contributed by atoms with Crippen LogP contribution < -0.4 is 0 Å². The maximum atomic E-state index is 12.8. The number of hydrogen-bond donors (Lipinski definition) is 1. The molecule has 2 aliphatic rings. The molecule has 6 heteroatoms. The first-order valence-corrected chi connectivity index (χ1v) is 8.23. The van der Waals surface area contributed by atoms with Crippen LogP contribution in [0.5, 0.6) is 0 Å². The number of aliphatic carboxylic acids is 1. The predicted molar refractivity (Wildman–Crippen MR) is 92.3 cm³/mol. The zero-order chi connectivity index (χ0) is 18.0. The molecule has 0 radical (unpaired) electrons. The van der Waals surface area contributed by atoms with Crippen molar-refractivity contribution >= 4 is 23.9 Å². The molecule has 1 aromatic carbocycles. The van der Waals surface area contributed by atoms with Crippen molar-refractivity contribution in [3.63, 3.8) is 0 Å². The Morgan fingerprint density at radius 3 is 2.72 bits per heavy atom. The van der Waals surface area contributed by atoms with Crippen LogP contribution in [-0.4, -0.2) is 45.8 Å². The zero-order valence-electron chi connectivity index (χ0n) is 14.0. The topological polar surface area (TPSA) is 77.9 Å². The van der Waals surface area contributed by atoms with E-state index in [0.29, 0.717) is 13.0 Å². The molecule has 0 saturated heterocycles. The van der Waals surface area contributed by atoms with Crippen LogP contribution in [0.3, 0.4) is 0 Å². The lowest BCUT2D eigenvalue weighted by Crippen LogP contribution is -2.40. The first-order valence-electron chi connectivity index (χ1n) is 8.23. The molecule has 3 rings (SSSR count). The third-order valence-corrected chi connectivity index (χ3v) is 4.62. The Morgan fingerprint density at radius 2 is 2.00 bits per heavy atom. The Hall–Kier alpha value is -2.89. The number of benzene rings is 1. The van der Waals surface area contributed by atoms with E-state index in [9.17, 15) is 14.4 Å². The van der Waals surface area contributed by atoms with Crippen LogP contribution in [0.15, 0.2) is 42.1 Å². The fourth-order valence-electron chi connectivity index (χ4n) is 3.32. The molecular formula is C19H20N2O4. The van der Waals surface area contributed by atoms with Crippen molar-refractivity contribution in [2.24, 2.45) is 0 Å². The maximum Gasteiger partial charge on any atom is 0.333 e. The lowest BCUT2D eigenvalue weighted by molar-refractivity contribution is -0.135. The number of carboxylic acid groups (broad SMARTS) is 1. The van der Waals surface area contributed by atoms with E-state index >= 15 is 0 Å². The second-order valence-electron chi connectivity index (χ2n) is 6.23. The minimum absolute atomic E-state index is 0.110. The van der Waals surface area contributed by atoms with Gasteiger partial charge in [0.25, 0.3) is 0 Å². The van der Waals surface area contributed by atoms with Crippen molar-refractivity contribution in [3.8, 4) is 0 Å². The predicted octanol–water partition coefficient (Wildman–Crippen LogP) is 2.19. The van der Waals surface area contributed by atoms with E-state index in [2.05, 4.69) is 0 Å². The van der Waals surface area contributed by atoms with Crippen LogP contribution >= 0.6 is 0 Å². The molecule has 2 heterocycles. The summed E-state index contributed by atoms with van der Waals surface area (Å²) < 4.78 is 0. The Morgan fingerprint density at radius 1 is 1.24 bits per heavy atom. The SMILES string of the molecule is CC(=O)N1C=Cc2ccccc2C1CC(=O)N1CCC=C(C(=O)O)C1. The van der Waals surface area contributed by atoms with E-state index < -0.39 is 5.97 Å². The van der Waals surface area contributed by atoms with Gasteiger partial charge in [-0.25, -0.2) is 4.79 Å². The van der Waals surface area contributed by atoms with E-state index in [0.717, 1.165) is 11.1 Å². The Labute approximate surface area is 146 Å². The Balaban J connectivity index is 1.81. The van der Waals surface area contributed by atoms with Crippen LogP contribution in [-0.2, 0) is 14.4 Å². The van der Waals surface area contributed by atoms with Crippen LogP contribution in [0.1, 0.15) is 36.9 Å². The molecular weight excluding hydrogens is 320 g/mol. The highest BCUT2D eigenvalue weighted by atomic mass is 16.4. The number of fused-ring (bicyclic) bond motifs is 1. The summed E-state index contributed by atoms with van der Waals surface area (Å²) in [6.45, 7) is 2.08. The second kappa shape index (κ2) is 6.93. The van der Waals surface area contributed by atoms with Crippen molar-refractivity contribution in [1.82, 2.24) is 9.80 Å². The van der Waals surface area contributed by atoms with Crippen molar-refractivity contribution in [2.75, 3.05) is 13.1 Å². The minimum atomic E-state index is -0.992. The third-order valence-electron chi connectivity index (χ3n) is 4.62. The molecule has 0 fully saturated rings. The molecule has 0 saturated carbocycles. The molecule has 130 valence electrons. The minimum Gasteiger partial charge on any atom is -0.478 e. The molecule has 25 heavy (non-hydrogen) atoms. The number of amides is 2. The van der Waals surface area contributed by atoms with Gasteiger partial charge >= 0.3 is 5.97 Å². The van der Waals surface area contributed by atoms with Gasteiger partial charge in [0, 0.05) is 19.7 Å². The molecule has 1 atom stereocenters. The smallest absolute Gasteiger partial charge is 0.333 e. The highest BCUT2D eigenvalue weighted by Gasteiger charge is 2.31. The lowest BCUT2D eigenvalue weighted by atomic mass is 9.93. The number of hydrogen-bond acceptors (Lipinski definition) is 3. The van der Waals surface area contributed by atoms with Gasteiger partial charge in [0.05, 0.1) is 24.6 Å². The largest absolute Gasteiger partial charge is 0.478 e. The normalized spacial score (nSPS) is 19.2. The van der Waals surface area contributed by atoms with Gasteiger partial charge in [-0.2, -0.15) is 0 Å². The standard InChI is InChI=1S/C19H20N2O4/c1-13(22)21-10-8-14-5-2-3-7-16(14)17(21)11-18(23)20-9-4-6-15(12-20)19(24)25/h2-3,5-8,10,17H,4,9,11-12H2,1H3,(H,24,25). The first-order chi connectivity index (χ1) is 12.0. The quantitative estimate of drug-likeness (QED) is 0.915. The number of carbonyl (C=O) groups is 3. The van der Waals surface area contributed by atoms with Crippen LogP contribution in [0.2, 0.25) is 0 Å². The van der Waals surface area contributed by atoms with Gasteiger partial charge in [0.2, 0.25) is 11.8 Å². The summed E-state index contributed by atoms with van der Waals surface area (Å²) in [6, 6.07) is 7.31. The summed E-state index contributed by atoms with van der Waals surface area (Å²) in [6.07, 6.45) is 5.90. The molecule has 0 aromatic heterocycles. The molecule has 2 amide bonds. The Bertz CT molecular complexity index is 781. The maximum absolute atomic E-state index is 12.8. The van der Waals surface area contributed by atoms with E-state index in [4.69, 9.17) is 5.11 Å². The molecule has 2 aliphatic heterocycles. The van der Waals surface area contributed by atoms with E-state index in [-0.39, 0.29) is 36.4 Å². The van der Waals surface area contributed by atoms with E-state index in [1.54, 1.807) is 22.1 Å².